The molecule has 0 radical (unpaired) electrons. The molecule has 2 saturated heterocycles. The van der Waals surface area contributed by atoms with Crippen molar-refractivity contribution in [2.24, 2.45) is 12.0 Å². The molecule has 0 bridgehead atoms. The Labute approximate surface area is 222 Å². The van der Waals surface area contributed by atoms with E-state index in [9.17, 15) is 10.1 Å². The van der Waals surface area contributed by atoms with Crippen molar-refractivity contribution < 1.29 is 4.79 Å². The summed E-state index contributed by atoms with van der Waals surface area (Å²) in [5.41, 5.74) is 5.10. The van der Waals surface area contributed by atoms with Gasteiger partial charge in [0, 0.05) is 75.4 Å². The third-order valence-corrected chi connectivity index (χ3v) is 7.34. The summed E-state index contributed by atoms with van der Waals surface area (Å²) in [5.74, 6) is 0.767. The Hall–Kier alpha value is -4.39. The van der Waals surface area contributed by atoms with Crippen LogP contribution >= 0.6 is 0 Å². The molecule has 2 amide bonds. The first-order valence-corrected chi connectivity index (χ1v) is 13.0. The highest BCUT2D eigenvalue weighted by molar-refractivity contribution is 5.84. The first-order valence-electron chi connectivity index (χ1n) is 13.0. The minimum Gasteiger partial charge on any atom is -0.353 e. The van der Waals surface area contributed by atoms with Gasteiger partial charge in [0.05, 0.1) is 23.5 Å². The van der Waals surface area contributed by atoms with Gasteiger partial charge in [0.25, 0.3) is 0 Å². The lowest BCUT2D eigenvalue weighted by Gasteiger charge is -2.39. The van der Waals surface area contributed by atoms with Crippen LogP contribution in [0.15, 0.2) is 53.8 Å². The number of allylic oxidation sites excluding steroid dienone is 3. The maximum absolute atomic E-state index is 12.9. The van der Waals surface area contributed by atoms with Gasteiger partial charge < -0.3 is 14.7 Å². The Kier molecular flexibility index (Phi) is 7.26. The van der Waals surface area contributed by atoms with Crippen LogP contribution < -0.4 is 0 Å². The summed E-state index contributed by atoms with van der Waals surface area (Å²) in [6.07, 6.45) is 14.6. The molecule has 0 N–H and O–H groups in total. The third-order valence-electron chi connectivity index (χ3n) is 7.34. The number of piperazine rings is 1. The lowest BCUT2D eigenvalue weighted by atomic mass is 10.0. The predicted molar refractivity (Wildman–Crippen MR) is 147 cm³/mol. The van der Waals surface area contributed by atoms with Gasteiger partial charge >= 0.3 is 6.03 Å². The molecule has 0 spiro atoms. The molecule has 10 heteroatoms. The number of carbonyl (C=O) groups is 1. The van der Waals surface area contributed by atoms with Crippen LogP contribution in [0.3, 0.4) is 0 Å². The lowest BCUT2D eigenvalue weighted by Crippen LogP contribution is -2.53. The van der Waals surface area contributed by atoms with Gasteiger partial charge in [0.1, 0.15) is 11.9 Å². The van der Waals surface area contributed by atoms with E-state index in [1.54, 1.807) is 15.4 Å². The average Bonchev–Trinajstić information content (AvgIpc) is 3.59. The van der Waals surface area contributed by atoms with Crippen molar-refractivity contribution in [3.05, 3.63) is 60.0 Å². The summed E-state index contributed by atoms with van der Waals surface area (Å²) in [6.45, 7) is 10.3. The summed E-state index contributed by atoms with van der Waals surface area (Å²) in [4.78, 5) is 23.3. The van der Waals surface area contributed by atoms with E-state index in [4.69, 9.17) is 0 Å². The van der Waals surface area contributed by atoms with E-state index in [1.807, 2.05) is 54.5 Å². The van der Waals surface area contributed by atoms with Gasteiger partial charge in [-0.3, -0.25) is 4.68 Å². The number of pyridine rings is 1. The summed E-state index contributed by atoms with van der Waals surface area (Å²) in [5, 5.41) is 18.4. The number of piperidine rings is 1. The molecule has 196 valence electrons. The number of urea groups is 1. The Bertz CT molecular complexity index is 1440. The molecule has 0 atom stereocenters. The number of fused-ring (bicyclic) bond motifs is 1. The molecule has 2 aliphatic heterocycles. The topological polar surface area (TPSA) is 98.1 Å². The van der Waals surface area contributed by atoms with Crippen molar-refractivity contribution >= 4 is 23.8 Å². The molecule has 0 unspecified atom stereocenters. The zero-order valence-corrected chi connectivity index (χ0v) is 22.0. The normalized spacial score (nSPS) is 17.1. The van der Waals surface area contributed by atoms with E-state index in [0.717, 1.165) is 59.5 Å². The lowest BCUT2D eigenvalue weighted by molar-refractivity contribution is 0.117. The second kappa shape index (κ2) is 10.9. The molecule has 10 nitrogen and oxygen atoms in total. The first kappa shape index (κ1) is 25.3. The van der Waals surface area contributed by atoms with Crippen LogP contribution in [0.25, 0.3) is 22.2 Å². The monoisotopic (exact) mass is 511 g/mol. The number of rotatable bonds is 5. The molecule has 38 heavy (non-hydrogen) atoms. The minimum absolute atomic E-state index is 0.156. The Morgan fingerprint density at radius 2 is 1.68 bits per heavy atom. The summed E-state index contributed by atoms with van der Waals surface area (Å²) in [7, 11) is 1.88. The standard InChI is InChI=1S/C28H33N9O/c1-21(25-15-22(24-18-31-33(3)19-24)20-37-27(25)23(16-29)17-32-37)7-8-26(30-2)34-11-13-36(14-12-34)28(38)35-9-5-4-6-10-35/h7-8,15,17-20H,2,4-6,9-14H2,1,3H3/b21-7+,26-8+. The fourth-order valence-corrected chi connectivity index (χ4v) is 5.19. The molecule has 0 aliphatic carbocycles. The van der Waals surface area contributed by atoms with Crippen LogP contribution in [-0.2, 0) is 7.05 Å². The van der Waals surface area contributed by atoms with E-state index in [1.165, 1.54) is 6.42 Å². The van der Waals surface area contributed by atoms with Crippen molar-refractivity contribution in [2.75, 3.05) is 39.3 Å². The number of aryl methyl sites for hydroxylation is 1. The molecule has 2 aliphatic rings. The van der Waals surface area contributed by atoms with E-state index in [0.29, 0.717) is 31.7 Å². The maximum Gasteiger partial charge on any atom is 0.320 e. The van der Waals surface area contributed by atoms with E-state index in [-0.39, 0.29) is 6.03 Å². The fraction of sp³-hybridized carbons (Fsp3) is 0.393. The molecule has 0 aromatic carbocycles. The van der Waals surface area contributed by atoms with Crippen molar-refractivity contribution in [1.82, 2.24) is 34.1 Å². The predicted octanol–water partition coefficient (Wildman–Crippen LogP) is 3.78. The second-order valence-electron chi connectivity index (χ2n) is 9.85. The van der Waals surface area contributed by atoms with Crippen LogP contribution in [0.5, 0.6) is 0 Å². The van der Waals surface area contributed by atoms with Gasteiger partial charge in [-0.1, -0.05) is 6.08 Å². The molecule has 2 fully saturated rings. The van der Waals surface area contributed by atoms with Crippen LogP contribution in [0, 0.1) is 11.3 Å². The Morgan fingerprint density at radius 1 is 0.974 bits per heavy atom. The smallest absolute Gasteiger partial charge is 0.320 e. The quantitative estimate of drug-likeness (QED) is 0.384. The van der Waals surface area contributed by atoms with Crippen LogP contribution in [0.1, 0.15) is 37.3 Å². The first-order chi connectivity index (χ1) is 18.5. The number of hydrogen-bond acceptors (Lipinski definition) is 6. The van der Waals surface area contributed by atoms with Crippen molar-refractivity contribution in [3.63, 3.8) is 0 Å². The maximum atomic E-state index is 12.9. The van der Waals surface area contributed by atoms with Crippen LogP contribution in [0.4, 0.5) is 4.79 Å². The number of aromatic nitrogens is 4. The largest absolute Gasteiger partial charge is 0.353 e. The van der Waals surface area contributed by atoms with E-state index >= 15 is 0 Å². The number of aliphatic imine (C=N–C) groups is 1. The molecular weight excluding hydrogens is 478 g/mol. The molecule has 3 aromatic rings. The van der Waals surface area contributed by atoms with Gasteiger partial charge in [-0.25, -0.2) is 14.3 Å². The molecule has 3 aromatic heterocycles. The zero-order chi connectivity index (χ0) is 26.6. The fourth-order valence-electron chi connectivity index (χ4n) is 5.19. The number of hydrogen-bond donors (Lipinski definition) is 0. The Morgan fingerprint density at radius 3 is 2.34 bits per heavy atom. The number of carbonyl (C=O) groups excluding carboxylic acids is 1. The summed E-state index contributed by atoms with van der Waals surface area (Å²) >= 11 is 0. The molecule has 5 rings (SSSR count). The van der Waals surface area contributed by atoms with Crippen LogP contribution in [0.2, 0.25) is 0 Å². The van der Waals surface area contributed by atoms with E-state index < -0.39 is 0 Å². The number of likely N-dealkylation sites (tertiary alicyclic amines) is 1. The zero-order valence-electron chi connectivity index (χ0n) is 22.0. The van der Waals surface area contributed by atoms with Gasteiger partial charge in [-0.15, -0.1) is 0 Å². The molecule has 5 heterocycles. The highest BCUT2D eigenvalue weighted by atomic mass is 16.2. The number of amides is 2. The Balaban J connectivity index is 1.37. The third kappa shape index (κ3) is 5.05. The van der Waals surface area contributed by atoms with Crippen LogP contribution in [-0.4, -0.2) is 86.1 Å². The van der Waals surface area contributed by atoms with Crippen molar-refractivity contribution in [1.29, 1.82) is 5.26 Å². The summed E-state index contributed by atoms with van der Waals surface area (Å²) in [6, 6.07) is 4.48. The average molecular weight is 512 g/mol. The van der Waals surface area contributed by atoms with Gasteiger partial charge in [-0.05, 0) is 50.6 Å². The van der Waals surface area contributed by atoms with E-state index in [2.05, 4.69) is 38.9 Å². The number of nitrogens with zero attached hydrogens (tertiary/aromatic N) is 9. The van der Waals surface area contributed by atoms with Gasteiger partial charge in [0.15, 0.2) is 0 Å². The SMILES string of the molecule is C=N/C(=C\C=C(/C)c1cc(-c2cnn(C)c2)cn2ncc(C#N)c12)N1CCN(C(=O)N2CCCCC2)CC1. The second-order valence-corrected chi connectivity index (χ2v) is 9.85. The van der Waals surface area contributed by atoms with Gasteiger partial charge in [-0.2, -0.15) is 15.5 Å². The molecular formula is C28H33N9O. The van der Waals surface area contributed by atoms with Gasteiger partial charge in [0.2, 0.25) is 0 Å². The minimum atomic E-state index is 0.156. The summed E-state index contributed by atoms with van der Waals surface area (Å²) < 4.78 is 3.51. The molecule has 0 saturated carbocycles. The van der Waals surface area contributed by atoms with Crippen molar-refractivity contribution in [3.8, 4) is 17.2 Å². The highest BCUT2D eigenvalue weighted by Gasteiger charge is 2.26. The van der Waals surface area contributed by atoms with Crippen molar-refractivity contribution in [2.45, 2.75) is 26.2 Å². The number of nitriles is 1. The highest BCUT2D eigenvalue weighted by Crippen LogP contribution is 2.29.